The zero-order valence-electron chi connectivity index (χ0n) is 25.3. The molecule has 0 radical (unpaired) electrons. The van der Waals surface area contributed by atoms with Crippen molar-refractivity contribution in [1.29, 1.82) is 0 Å². The van der Waals surface area contributed by atoms with Crippen LogP contribution in [-0.4, -0.2) is 0 Å². The first-order valence-corrected chi connectivity index (χ1v) is 16.9. The van der Waals surface area contributed by atoms with Gasteiger partial charge in [-0.25, -0.2) is 0 Å². The number of halogens is 1. The van der Waals surface area contributed by atoms with E-state index in [4.69, 9.17) is 0 Å². The molecule has 218 valence electrons. The van der Waals surface area contributed by atoms with Gasteiger partial charge in [-0.2, -0.15) is 0 Å². The number of allylic oxidation sites excluding steroid dienone is 4. The third-order valence-corrected chi connectivity index (χ3v) is 10.7. The maximum Gasteiger partial charge on any atom is 0.0713 e. The summed E-state index contributed by atoms with van der Waals surface area (Å²) >= 11 is 3.80. The number of hydrogen-bond donors (Lipinski definition) is 0. The fraction of sp³-hybridized carbons (Fsp3) is 0.0667. The van der Waals surface area contributed by atoms with Gasteiger partial charge in [-0.15, -0.1) is 0 Å². The molecule has 0 fully saturated rings. The Hall–Kier alpha value is -4.98. The van der Waals surface area contributed by atoms with Crippen molar-refractivity contribution < 1.29 is 0 Å². The van der Waals surface area contributed by atoms with E-state index in [-0.39, 0.29) is 0 Å². The van der Waals surface area contributed by atoms with Gasteiger partial charge in [0.2, 0.25) is 0 Å². The highest BCUT2D eigenvalue weighted by molar-refractivity contribution is 9.10. The highest BCUT2D eigenvalue weighted by Gasteiger charge is 2.46. The molecule has 46 heavy (non-hydrogen) atoms. The summed E-state index contributed by atoms with van der Waals surface area (Å²) in [6, 6.07) is 56.2. The number of benzene rings is 6. The molecule has 0 aliphatic heterocycles. The minimum absolute atomic E-state index is 0.299. The molecular weight excluding hydrogens is 620 g/mol. The normalized spacial score (nSPS) is 17.1. The molecule has 0 saturated heterocycles. The summed E-state index contributed by atoms with van der Waals surface area (Å²) in [6.07, 6.45) is 7.90. The summed E-state index contributed by atoms with van der Waals surface area (Å²) < 4.78 is 1.09. The molecule has 0 N–H and O–H groups in total. The quantitative estimate of drug-likeness (QED) is 0.178. The minimum Gasteiger partial charge on any atom is -0.0836 e. The molecule has 0 saturated carbocycles. The first-order chi connectivity index (χ1) is 22.7. The van der Waals surface area contributed by atoms with E-state index in [9.17, 15) is 0 Å². The largest absolute Gasteiger partial charge is 0.0836 e. The molecule has 6 aromatic carbocycles. The number of hydrogen-bond acceptors (Lipinski definition) is 0. The lowest BCUT2D eigenvalue weighted by Crippen LogP contribution is -2.37. The summed E-state index contributed by atoms with van der Waals surface area (Å²) in [7, 11) is 0. The Bertz CT molecular complexity index is 2290. The van der Waals surface area contributed by atoms with E-state index < -0.39 is 5.41 Å². The van der Waals surface area contributed by atoms with E-state index in [1.54, 1.807) is 0 Å². The van der Waals surface area contributed by atoms with Gasteiger partial charge in [0.1, 0.15) is 0 Å². The predicted octanol–water partition coefficient (Wildman–Crippen LogP) is 9.73. The molecule has 0 nitrogen and oxygen atoms in total. The zero-order chi connectivity index (χ0) is 30.7. The van der Waals surface area contributed by atoms with E-state index in [1.165, 1.54) is 71.7 Å². The van der Waals surface area contributed by atoms with Crippen LogP contribution in [0.2, 0.25) is 0 Å². The van der Waals surface area contributed by atoms with Crippen molar-refractivity contribution in [3.63, 3.8) is 0 Å². The fourth-order valence-electron chi connectivity index (χ4n) is 8.37. The van der Waals surface area contributed by atoms with E-state index in [0.717, 1.165) is 10.9 Å². The average Bonchev–Trinajstić information content (AvgIpc) is 3.42. The second-order valence-corrected chi connectivity index (χ2v) is 13.4. The average molecular weight is 652 g/mol. The lowest BCUT2D eigenvalue weighted by molar-refractivity contribution is 0.766. The van der Waals surface area contributed by atoms with E-state index in [2.05, 4.69) is 186 Å². The van der Waals surface area contributed by atoms with Gasteiger partial charge in [0, 0.05) is 10.4 Å². The summed E-state index contributed by atoms with van der Waals surface area (Å²) in [5, 5.41) is 2.65. The van der Waals surface area contributed by atoms with Gasteiger partial charge in [-0.05, 0) is 90.2 Å². The Labute approximate surface area is 278 Å². The smallest absolute Gasteiger partial charge is 0.0713 e. The van der Waals surface area contributed by atoms with Crippen molar-refractivity contribution in [1.82, 2.24) is 0 Å². The van der Waals surface area contributed by atoms with Gasteiger partial charge >= 0.3 is 0 Å². The van der Waals surface area contributed by atoms with Crippen LogP contribution < -0.4 is 10.4 Å². The minimum atomic E-state index is -0.419. The summed E-state index contributed by atoms with van der Waals surface area (Å²) in [4.78, 5) is 0. The van der Waals surface area contributed by atoms with Crippen molar-refractivity contribution >= 4 is 27.1 Å². The predicted molar refractivity (Wildman–Crippen MR) is 194 cm³/mol. The lowest BCUT2D eigenvalue weighted by atomic mass is 9.67. The van der Waals surface area contributed by atoms with Crippen molar-refractivity contribution in [2.75, 3.05) is 0 Å². The second-order valence-electron chi connectivity index (χ2n) is 12.5. The highest BCUT2D eigenvalue weighted by atomic mass is 79.9. The maximum atomic E-state index is 3.80. The van der Waals surface area contributed by atoms with Crippen molar-refractivity contribution in [2.24, 2.45) is 5.92 Å². The maximum absolute atomic E-state index is 3.80. The van der Waals surface area contributed by atoms with Crippen molar-refractivity contribution in [3.8, 4) is 11.1 Å². The molecule has 1 heteroatoms. The van der Waals surface area contributed by atoms with Crippen LogP contribution in [0.3, 0.4) is 0 Å². The van der Waals surface area contributed by atoms with Crippen LogP contribution >= 0.6 is 15.9 Å². The number of rotatable bonds is 4. The highest BCUT2D eigenvalue weighted by Crippen LogP contribution is 2.56. The molecule has 0 spiro atoms. The molecule has 9 rings (SSSR count). The fourth-order valence-corrected chi connectivity index (χ4v) is 8.77. The standard InChI is InChI=1S/C45H31Br/c46-34-16-12-15-33(29-34)45(41-23-10-8-17-35(41)36-18-9-11-24-42(36)45)32-27-25-31(26-28-32)44-39-21-6-4-19-37(39)43(30-13-2-1-3-14-30)38-20-5-7-22-40(38)44/h1-21,23-29,40H,22H2. The van der Waals surface area contributed by atoms with Crippen LogP contribution in [0.5, 0.6) is 0 Å². The van der Waals surface area contributed by atoms with E-state index >= 15 is 0 Å². The van der Waals surface area contributed by atoms with Gasteiger partial charge in [-0.3, -0.25) is 0 Å². The van der Waals surface area contributed by atoms with Crippen LogP contribution in [0.15, 0.2) is 180 Å². The van der Waals surface area contributed by atoms with Crippen LogP contribution in [0.25, 0.3) is 22.3 Å². The van der Waals surface area contributed by atoms with Gasteiger partial charge in [-0.1, -0.05) is 174 Å². The summed E-state index contributed by atoms with van der Waals surface area (Å²) in [5.74, 6) is 0.299. The third kappa shape index (κ3) is 3.98. The molecular formula is C45H31Br. The van der Waals surface area contributed by atoms with Crippen LogP contribution in [0.1, 0.15) is 39.8 Å². The third-order valence-electron chi connectivity index (χ3n) is 10.2. The van der Waals surface area contributed by atoms with Crippen LogP contribution in [0, 0.1) is 5.92 Å². The molecule has 6 aromatic rings. The topological polar surface area (TPSA) is 0 Å². The second kappa shape index (κ2) is 10.8. The van der Waals surface area contributed by atoms with E-state index in [1.807, 2.05) is 0 Å². The molecule has 3 aliphatic rings. The van der Waals surface area contributed by atoms with E-state index in [0.29, 0.717) is 5.92 Å². The van der Waals surface area contributed by atoms with Crippen LogP contribution in [-0.2, 0) is 5.41 Å². The monoisotopic (exact) mass is 650 g/mol. The van der Waals surface area contributed by atoms with Gasteiger partial charge in [0.15, 0.2) is 0 Å². The van der Waals surface area contributed by atoms with Gasteiger partial charge in [0.05, 0.1) is 5.41 Å². The zero-order valence-corrected chi connectivity index (χ0v) is 26.9. The van der Waals surface area contributed by atoms with Crippen molar-refractivity contribution in [2.45, 2.75) is 11.8 Å². The van der Waals surface area contributed by atoms with Crippen LogP contribution in [0.4, 0.5) is 0 Å². The molecule has 0 bridgehead atoms. The first kappa shape index (κ1) is 27.3. The molecule has 1 atom stereocenters. The molecule has 3 aliphatic carbocycles. The lowest BCUT2D eigenvalue weighted by Gasteiger charge is -2.35. The Morgan fingerprint density at radius 1 is 0.543 bits per heavy atom. The SMILES string of the molecule is Brc1cccc(C2(c3ccc(C4=c5ccccc5=C(c5ccccc5)C5=CC=CCC54)cc3)c3ccccc3-c3ccccc32)c1. The Morgan fingerprint density at radius 2 is 1.20 bits per heavy atom. The Morgan fingerprint density at radius 3 is 1.91 bits per heavy atom. The molecule has 0 amide bonds. The molecule has 0 aromatic heterocycles. The molecule has 1 unspecified atom stereocenters. The Kier molecular flexibility index (Phi) is 6.43. The van der Waals surface area contributed by atoms with Gasteiger partial charge in [0.25, 0.3) is 0 Å². The summed E-state index contributed by atoms with van der Waals surface area (Å²) in [6.45, 7) is 0. The number of fused-ring (bicyclic) bond motifs is 5. The Balaban J connectivity index is 1.30. The first-order valence-electron chi connectivity index (χ1n) is 16.1. The van der Waals surface area contributed by atoms with Crippen molar-refractivity contribution in [3.05, 3.63) is 224 Å². The molecule has 0 heterocycles. The van der Waals surface area contributed by atoms with Gasteiger partial charge < -0.3 is 0 Å². The summed E-state index contributed by atoms with van der Waals surface area (Å²) in [5.41, 5.74) is 14.2.